The molecule has 1 heterocycles. The van der Waals surface area contributed by atoms with Crippen molar-refractivity contribution in [3.05, 3.63) is 65.2 Å². The summed E-state index contributed by atoms with van der Waals surface area (Å²) < 4.78 is 0. The Morgan fingerprint density at radius 3 is 2.53 bits per heavy atom. The van der Waals surface area contributed by atoms with E-state index in [0.29, 0.717) is 12.5 Å². The van der Waals surface area contributed by atoms with Crippen LogP contribution in [0, 0.1) is 6.92 Å². The van der Waals surface area contributed by atoms with Gasteiger partial charge in [0.1, 0.15) is 0 Å². The van der Waals surface area contributed by atoms with Crippen LogP contribution in [0.15, 0.2) is 53.5 Å². The van der Waals surface area contributed by atoms with Gasteiger partial charge >= 0.3 is 0 Å². The quantitative estimate of drug-likeness (QED) is 0.818. The van der Waals surface area contributed by atoms with Crippen LogP contribution in [0.5, 0.6) is 0 Å². The normalized spacial score (nSPS) is 17.9. The van der Waals surface area contributed by atoms with E-state index in [-0.39, 0.29) is 5.92 Å². The average molecular weight is 251 g/mol. The average Bonchev–Trinajstić information content (AvgIpc) is 2.58. The number of aryl methyl sites for hydroxylation is 1. The molecule has 0 amide bonds. The van der Waals surface area contributed by atoms with E-state index in [1.165, 1.54) is 16.7 Å². The van der Waals surface area contributed by atoms with Gasteiger partial charge in [0.05, 0.1) is 6.54 Å². The molecule has 0 aliphatic carbocycles. The Hall–Kier alpha value is -2.29. The van der Waals surface area contributed by atoms with Crippen LogP contribution < -0.4 is 11.1 Å². The summed E-state index contributed by atoms with van der Waals surface area (Å²) in [6.07, 6.45) is 0. The minimum absolute atomic E-state index is 0.256. The zero-order valence-corrected chi connectivity index (χ0v) is 10.9. The number of benzene rings is 2. The van der Waals surface area contributed by atoms with Crippen molar-refractivity contribution in [1.82, 2.24) is 0 Å². The lowest BCUT2D eigenvalue weighted by Gasteiger charge is -2.18. The summed E-state index contributed by atoms with van der Waals surface area (Å²) in [5, 5.41) is 3.17. The molecule has 96 valence electrons. The Balaban J connectivity index is 2.14. The van der Waals surface area contributed by atoms with Crippen molar-refractivity contribution in [3.63, 3.8) is 0 Å². The largest absolute Gasteiger partial charge is 0.370 e. The molecule has 0 radical (unpaired) electrons. The topological polar surface area (TPSA) is 50.4 Å². The van der Waals surface area contributed by atoms with Gasteiger partial charge in [-0.15, -0.1) is 0 Å². The minimum Gasteiger partial charge on any atom is -0.370 e. The van der Waals surface area contributed by atoms with Gasteiger partial charge in [0.15, 0.2) is 5.96 Å². The van der Waals surface area contributed by atoms with E-state index in [1.807, 2.05) is 12.1 Å². The number of hydrogen-bond donors (Lipinski definition) is 2. The summed E-state index contributed by atoms with van der Waals surface area (Å²) in [6, 6.07) is 16.7. The summed E-state index contributed by atoms with van der Waals surface area (Å²) in [5.41, 5.74) is 10.8. The zero-order chi connectivity index (χ0) is 13.2. The molecule has 1 atom stereocenters. The van der Waals surface area contributed by atoms with E-state index >= 15 is 0 Å². The van der Waals surface area contributed by atoms with E-state index in [2.05, 4.69) is 53.6 Å². The summed E-state index contributed by atoms with van der Waals surface area (Å²) in [5.74, 6) is 0.745. The zero-order valence-electron chi connectivity index (χ0n) is 10.9. The Morgan fingerprint density at radius 2 is 1.74 bits per heavy atom. The first-order chi connectivity index (χ1) is 9.25. The lowest BCUT2D eigenvalue weighted by molar-refractivity contribution is 0.821. The molecule has 19 heavy (non-hydrogen) atoms. The lowest BCUT2D eigenvalue weighted by Crippen LogP contribution is -2.21. The monoisotopic (exact) mass is 251 g/mol. The smallest absolute Gasteiger partial charge is 0.193 e. The molecule has 0 fully saturated rings. The van der Waals surface area contributed by atoms with E-state index in [1.54, 1.807) is 0 Å². The molecule has 2 aromatic rings. The molecular formula is C16H17N3. The highest BCUT2D eigenvalue weighted by Crippen LogP contribution is 2.33. The fraction of sp³-hybridized carbons (Fsp3) is 0.188. The predicted octanol–water partition coefficient (Wildman–Crippen LogP) is 2.87. The van der Waals surface area contributed by atoms with Crippen molar-refractivity contribution < 1.29 is 0 Å². The third-order valence-electron chi connectivity index (χ3n) is 3.61. The van der Waals surface area contributed by atoms with Gasteiger partial charge in [-0.1, -0.05) is 42.5 Å². The van der Waals surface area contributed by atoms with Crippen LogP contribution in [0.1, 0.15) is 22.6 Å². The number of para-hydroxylation sites is 1. The summed E-state index contributed by atoms with van der Waals surface area (Å²) in [4.78, 5) is 4.42. The van der Waals surface area contributed by atoms with Gasteiger partial charge in [-0.2, -0.15) is 0 Å². The van der Waals surface area contributed by atoms with Crippen LogP contribution in [0.4, 0.5) is 5.69 Å². The number of fused-ring (bicyclic) bond motifs is 1. The van der Waals surface area contributed by atoms with E-state index < -0.39 is 0 Å². The highest BCUT2D eigenvalue weighted by atomic mass is 15.1. The highest BCUT2D eigenvalue weighted by Gasteiger charge is 2.21. The van der Waals surface area contributed by atoms with Gasteiger partial charge in [-0.25, -0.2) is 0 Å². The van der Waals surface area contributed by atoms with Crippen molar-refractivity contribution in [2.75, 3.05) is 11.9 Å². The van der Waals surface area contributed by atoms with Crippen molar-refractivity contribution in [3.8, 4) is 0 Å². The fourth-order valence-electron chi connectivity index (χ4n) is 2.62. The summed E-state index contributed by atoms with van der Waals surface area (Å²) in [7, 11) is 0. The maximum absolute atomic E-state index is 5.87. The molecule has 3 nitrogen and oxygen atoms in total. The number of hydrogen-bond acceptors (Lipinski definition) is 3. The number of nitrogens with zero attached hydrogens (tertiary/aromatic N) is 1. The van der Waals surface area contributed by atoms with E-state index in [0.717, 1.165) is 5.69 Å². The number of guanidine groups is 1. The second kappa shape index (κ2) is 4.76. The predicted molar refractivity (Wildman–Crippen MR) is 79.6 cm³/mol. The van der Waals surface area contributed by atoms with E-state index in [9.17, 15) is 0 Å². The summed E-state index contributed by atoms with van der Waals surface area (Å²) in [6.45, 7) is 2.82. The molecule has 3 rings (SSSR count). The molecule has 0 bridgehead atoms. The van der Waals surface area contributed by atoms with Gasteiger partial charge in [-0.05, 0) is 29.7 Å². The Labute approximate surface area is 113 Å². The van der Waals surface area contributed by atoms with Gasteiger partial charge in [0.25, 0.3) is 0 Å². The first kappa shape index (κ1) is 11.8. The van der Waals surface area contributed by atoms with Crippen molar-refractivity contribution >= 4 is 11.6 Å². The maximum atomic E-state index is 5.87. The van der Waals surface area contributed by atoms with Crippen LogP contribution in [0.2, 0.25) is 0 Å². The van der Waals surface area contributed by atoms with Crippen LogP contribution in [-0.2, 0) is 0 Å². The third kappa shape index (κ3) is 2.19. The number of nitrogens with one attached hydrogen (secondary N) is 1. The molecule has 1 aliphatic rings. The number of rotatable bonds is 1. The first-order valence-electron chi connectivity index (χ1n) is 6.47. The number of anilines is 1. The Morgan fingerprint density at radius 1 is 1.05 bits per heavy atom. The van der Waals surface area contributed by atoms with Gasteiger partial charge in [-0.3, -0.25) is 4.99 Å². The van der Waals surface area contributed by atoms with Crippen molar-refractivity contribution in [2.24, 2.45) is 10.7 Å². The van der Waals surface area contributed by atoms with E-state index in [4.69, 9.17) is 5.73 Å². The Bertz CT molecular complexity index is 631. The molecule has 0 saturated heterocycles. The van der Waals surface area contributed by atoms with Gasteiger partial charge < -0.3 is 11.1 Å². The van der Waals surface area contributed by atoms with Gasteiger partial charge in [0, 0.05) is 11.6 Å². The van der Waals surface area contributed by atoms with Gasteiger partial charge in [0.2, 0.25) is 0 Å². The Kier molecular flexibility index (Phi) is 2.95. The second-order valence-corrected chi connectivity index (χ2v) is 4.85. The molecule has 3 N–H and O–H groups in total. The molecule has 0 spiro atoms. The molecule has 2 aromatic carbocycles. The second-order valence-electron chi connectivity index (χ2n) is 4.85. The molecule has 0 saturated carbocycles. The molecule has 3 heteroatoms. The standard InChI is InChI=1S/C16H17N3/c1-11-6-2-3-7-12(11)14-10-18-16(17)19-15-9-5-4-8-13(14)15/h2-9,14H,10H2,1H3,(H3,17,18,19). The summed E-state index contributed by atoms with van der Waals surface area (Å²) >= 11 is 0. The first-order valence-corrected chi connectivity index (χ1v) is 6.47. The van der Waals surface area contributed by atoms with Crippen LogP contribution in [0.3, 0.4) is 0 Å². The fourth-order valence-corrected chi connectivity index (χ4v) is 2.62. The van der Waals surface area contributed by atoms with Crippen LogP contribution in [-0.4, -0.2) is 12.5 Å². The van der Waals surface area contributed by atoms with Crippen molar-refractivity contribution in [2.45, 2.75) is 12.8 Å². The third-order valence-corrected chi connectivity index (χ3v) is 3.61. The SMILES string of the molecule is Cc1ccccc1C1CN=C(N)Nc2ccccc21. The number of nitrogens with two attached hydrogens (primary N) is 1. The van der Waals surface area contributed by atoms with Crippen molar-refractivity contribution in [1.29, 1.82) is 0 Å². The molecule has 1 aliphatic heterocycles. The highest BCUT2D eigenvalue weighted by molar-refractivity contribution is 5.94. The maximum Gasteiger partial charge on any atom is 0.193 e. The van der Waals surface area contributed by atoms with Crippen LogP contribution >= 0.6 is 0 Å². The number of aliphatic imine (C=N–C) groups is 1. The molecule has 0 aromatic heterocycles. The lowest BCUT2D eigenvalue weighted by atomic mass is 9.88. The minimum atomic E-state index is 0.256. The molecular weight excluding hydrogens is 234 g/mol. The molecule has 1 unspecified atom stereocenters. The van der Waals surface area contributed by atoms with Crippen LogP contribution in [0.25, 0.3) is 0 Å².